The molecule has 1 N–H and O–H groups in total. The molecule has 7 nitrogen and oxygen atoms in total. The summed E-state index contributed by atoms with van der Waals surface area (Å²) in [5, 5.41) is 15.4. The van der Waals surface area contributed by atoms with Gasteiger partial charge in [-0.25, -0.2) is 20.0 Å². The van der Waals surface area contributed by atoms with E-state index in [2.05, 4.69) is 72.3 Å². The molecule has 32 heavy (non-hydrogen) atoms. The number of aromatic amines is 1. The van der Waals surface area contributed by atoms with Gasteiger partial charge in [0.05, 0.1) is 17.0 Å². The largest absolute Gasteiger partial charge is 0.353 e. The van der Waals surface area contributed by atoms with Crippen LogP contribution >= 0.6 is 0 Å². The number of nitrogens with zero attached hydrogens (tertiary/aromatic N) is 6. The number of rotatable bonds is 9. The van der Waals surface area contributed by atoms with Crippen LogP contribution in [0.4, 0.5) is 5.82 Å². The van der Waals surface area contributed by atoms with Crippen molar-refractivity contribution in [1.29, 1.82) is 5.26 Å². The van der Waals surface area contributed by atoms with Crippen LogP contribution in [0.1, 0.15) is 37.7 Å². The van der Waals surface area contributed by atoms with Gasteiger partial charge in [-0.1, -0.05) is 30.3 Å². The maximum atomic E-state index is 9.06. The van der Waals surface area contributed by atoms with E-state index in [1.807, 2.05) is 6.20 Å². The summed E-state index contributed by atoms with van der Waals surface area (Å²) in [7, 11) is 0. The zero-order chi connectivity index (χ0) is 21.8. The number of hydrogen-bond donors (Lipinski definition) is 1. The summed E-state index contributed by atoms with van der Waals surface area (Å²) < 4.78 is 0. The first kappa shape index (κ1) is 20.9. The predicted octanol–water partition coefficient (Wildman–Crippen LogP) is 3.77. The lowest BCUT2D eigenvalue weighted by Gasteiger charge is -2.48. The third-order valence-corrected chi connectivity index (χ3v) is 6.84. The van der Waals surface area contributed by atoms with Crippen molar-refractivity contribution >= 4 is 16.9 Å². The Morgan fingerprint density at radius 1 is 1.06 bits per heavy atom. The van der Waals surface area contributed by atoms with E-state index in [0.717, 1.165) is 68.8 Å². The van der Waals surface area contributed by atoms with Crippen molar-refractivity contribution in [2.75, 3.05) is 37.6 Å². The first-order valence-corrected chi connectivity index (χ1v) is 11.8. The van der Waals surface area contributed by atoms with E-state index in [0.29, 0.717) is 6.42 Å². The van der Waals surface area contributed by atoms with Crippen molar-refractivity contribution in [2.24, 2.45) is 0 Å². The number of fused-ring (bicyclic) bond motifs is 1. The molecular weight excluding hydrogens is 398 g/mol. The van der Waals surface area contributed by atoms with Crippen LogP contribution in [0.15, 0.2) is 48.9 Å². The molecule has 7 heteroatoms. The summed E-state index contributed by atoms with van der Waals surface area (Å²) in [6, 6.07) is 15.1. The van der Waals surface area contributed by atoms with E-state index in [-0.39, 0.29) is 5.54 Å². The van der Waals surface area contributed by atoms with E-state index in [4.69, 9.17) is 5.26 Å². The molecule has 166 valence electrons. The fourth-order valence-electron chi connectivity index (χ4n) is 5.07. The van der Waals surface area contributed by atoms with E-state index < -0.39 is 0 Å². The fourth-order valence-corrected chi connectivity index (χ4v) is 5.07. The number of benzene rings is 1. The number of hydrogen-bond acceptors (Lipinski definition) is 6. The van der Waals surface area contributed by atoms with Gasteiger partial charge in [0.2, 0.25) is 0 Å². The highest BCUT2D eigenvalue weighted by atomic mass is 15.7. The molecule has 1 aromatic carbocycles. The van der Waals surface area contributed by atoms with Crippen molar-refractivity contribution in [3.8, 4) is 6.07 Å². The first-order chi connectivity index (χ1) is 15.8. The predicted molar refractivity (Wildman–Crippen MR) is 126 cm³/mol. The second kappa shape index (κ2) is 9.27. The number of unbranched alkanes of at least 4 members (excludes halogenated alkanes) is 1. The van der Waals surface area contributed by atoms with Crippen molar-refractivity contribution in [3.63, 3.8) is 0 Å². The van der Waals surface area contributed by atoms with Gasteiger partial charge in [0, 0.05) is 45.3 Å². The summed E-state index contributed by atoms with van der Waals surface area (Å²) in [6.07, 6.45) is 9.81. The number of H-pyrrole nitrogens is 1. The number of anilines is 1. The molecule has 1 saturated heterocycles. The summed E-state index contributed by atoms with van der Waals surface area (Å²) >= 11 is 0. The zero-order valence-corrected chi connectivity index (χ0v) is 18.6. The van der Waals surface area contributed by atoms with Gasteiger partial charge in [-0.05, 0) is 43.7 Å². The van der Waals surface area contributed by atoms with Gasteiger partial charge in [0.15, 0.2) is 0 Å². The van der Waals surface area contributed by atoms with Gasteiger partial charge >= 0.3 is 0 Å². The Bertz CT molecular complexity index is 1070. The third kappa shape index (κ3) is 4.34. The minimum atomic E-state index is 0.200. The normalized spacial score (nSPS) is 17.8. The topological polar surface area (TPSA) is 75.1 Å². The van der Waals surface area contributed by atoms with Crippen LogP contribution in [0.25, 0.3) is 11.0 Å². The molecule has 1 aliphatic carbocycles. The van der Waals surface area contributed by atoms with Gasteiger partial charge in [0.1, 0.15) is 17.8 Å². The van der Waals surface area contributed by atoms with E-state index in [1.54, 1.807) is 6.33 Å². The summed E-state index contributed by atoms with van der Waals surface area (Å²) in [5.41, 5.74) is 2.50. The summed E-state index contributed by atoms with van der Waals surface area (Å²) in [4.78, 5) is 14.6. The second-order valence-corrected chi connectivity index (χ2v) is 9.01. The molecular formula is C25H31N7. The molecule has 2 aromatic heterocycles. The molecule has 2 aliphatic rings. The van der Waals surface area contributed by atoms with E-state index in [1.165, 1.54) is 18.4 Å². The number of piperazine rings is 1. The Labute approximate surface area is 189 Å². The number of aromatic nitrogens is 3. The van der Waals surface area contributed by atoms with Gasteiger partial charge in [0.25, 0.3) is 0 Å². The molecule has 1 saturated carbocycles. The number of aryl methyl sites for hydroxylation is 1. The Morgan fingerprint density at radius 2 is 1.91 bits per heavy atom. The molecule has 0 unspecified atom stereocenters. The Morgan fingerprint density at radius 3 is 2.72 bits per heavy atom. The number of hydrazine groups is 1. The molecule has 0 amide bonds. The maximum Gasteiger partial charge on any atom is 0.142 e. The number of nitriles is 1. The SMILES string of the molecule is N#CCCCN(CCCc1ccccc1)N1CCN(c2ncnc3[nH]ccc23)CC12CC2. The monoisotopic (exact) mass is 429 g/mol. The lowest BCUT2D eigenvalue weighted by molar-refractivity contribution is -0.0792. The van der Waals surface area contributed by atoms with Crippen molar-refractivity contribution in [3.05, 3.63) is 54.5 Å². The summed E-state index contributed by atoms with van der Waals surface area (Å²) in [6.45, 7) is 4.94. The van der Waals surface area contributed by atoms with Crippen LogP contribution in [-0.2, 0) is 6.42 Å². The maximum absolute atomic E-state index is 9.06. The molecule has 0 bridgehead atoms. The average Bonchev–Trinajstić information content (AvgIpc) is 3.40. The van der Waals surface area contributed by atoms with Crippen LogP contribution in [-0.4, -0.2) is 63.2 Å². The third-order valence-electron chi connectivity index (χ3n) is 6.84. The smallest absolute Gasteiger partial charge is 0.142 e. The summed E-state index contributed by atoms with van der Waals surface area (Å²) in [5.74, 6) is 1.04. The van der Waals surface area contributed by atoms with Crippen LogP contribution in [0.3, 0.4) is 0 Å². The van der Waals surface area contributed by atoms with Gasteiger partial charge in [-0.3, -0.25) is 0 Å². The molecule has 1 spiro atoms. The molecule has 0 atom stereocenters. The van der Waals surface area contributed by atoms with Crippen molar-refractivity contribution in [2.45, 2.75) is 44.1 Å². The molecule has 3 heterocycles. The van der Waals surface area contributed by atoms with Crippen LogP contribution in [0, 0.1) is 11.3 Å². The Balaban J connectivity index is 1.28. The van der Waals surface area contributed by atoms with Gasteiger partial charge in [-0.2, -0.15) is 5.26 Å². The fraction of sp³-hybridized carbons (Fsp3) is 0.480. The Hall–Kier alpha value is -2.95. The average molecular weight is 430 g/mol. The minimum absolute atomic E-state index is 0.200. The van der Waals surface area contributed by atoms with Crippen molar-refractivity contribution < 1.29 is 0 Å². The number of nitrogens with one attached hydrogen (secondary N) is 1. The molecule has 1 aliphatic heterocycles. The highest BCUT2D eigenvalue weighted by Gasteiger charge is 2.53. The molecule has 5 rings (SSSR count). The first-order valence-electron chi connectivity index (χ1n) is 11.8. The van der Waals surface area contributed by atoms with Crippen molar-refractivity contribution in [1.82, 2.24) is 25.0 Å². The van der Waals surface area contributed by atoms with Crippen LogP contribution in [0.5, 0.6) is 0 Å². The highest BCUT2D eigenvalue weighted by molar-refractivity contribution is 5.87. The van der Waals surface area contributed by atoms with E-state index in [9.17, 15) is 0 Å². The highest BCUT2D eigenvalue weighted by Crippen LogP contribution is 2.46. The molecule has 2 fully saturated rings. The van der Waals surface area contributed by atoms with Crippen LogP contribution in [0.2, 0.25) is 0 Å². The molecule has 0 radical (unpaired) electrons. The van der Waals surface area contributed by atoms with Gasteiger partial charge < -0.3 is 9.88 Å². The lowest BCUT2D eigenvalue weighted by atomic mass is 10.1. The quantitative estimate of drug-likeness (QED) is 0.522. The standard InChI is InChI=1S/C25H31N7/c26-13-4-5-15-31(16-6-9-21-7-2-1-3-8-21)32-18-17-30(19-25(32)11-12-25)24-22-10-14-27-23(22)28-20-29-24/h1-3,7-8,10,14,20H,4-6,9,11-12,15-19H2,(H,27,28,29). The van der Waals surface area contributed by atoms with Gasteiger partial charge in [-0.15, -0.1) is 0 Å². The zero-order valence-electron chi connectivity index (χ0n) is 18.6. The Kier molecular flexibility index (Phi) is 6.06. The van der Waals surface area contributed by atoms with E-state index >= 15 is 0 Å². The second-order valence-electron chi connectivity index (χ2n) is 9.01. The lowest BCUT2D eigenvalue weighted by Crippen LogP contribution is -2.61. The van der Waals surface area contributed by atoms with Crippen LogP contribution < -0.4 is 4.90 Å². The molecule has 3 aromatic rings. The minimum Gasteiger partial charge on any atom is -0.353 e.